The van der Waals surface area contributed by atoms with E-state index >= 15 is 0 Å². The van der Waals surface area contributed by atoms with Gasteiger partial charge in [-0.3, -0.25) is 0 Å². The number of rotatable bonds is 1. The molecule has 0 spiro atoms. The van der Waals surface area contributed by atoms with Crippen molar-refractivity contribution in [1.29, 1.82) is 0 Å². The minimum Gasteiger partial charge on any atom is -0.396 e. The average Bonchev–Trinajstić information content (AvgIpc) is 1.99. The largest absolute Gasteiger partial charge is 0.396 e. The first-order valence-electron chi connectivity index (χ1n) is 5.58. The van der Waals surface area contributed by atoms with E-state index in [4.69, 9.17) is 4.74 Å². The SMILES string of the molecule is CC1(CO)C[C@]2(C)COC[C@](C)(C1)C2. The van der Waals surface area contributed by atoms with Crippen LogP contribution >= 0.6 is 0 Å². The van der Waals surface area contributed by atoms with E-state index in [-0.39, 0.29) is 5.41 Å². The molecule has 1 unspecified atom stereocenters. The van der Waals surface area contributed by atoms with Crippen molar-refractivity contribution in [2.45, 2.75) is 40.0 Å². The summed E-state index contributed by atoms with van der Waals surface area (Å²) in [5, 5.41) is 9.49. The molecule has 14 heavy (non-hydrogen) atoms. The lowest BCUT2D eigenvalue weighted by molar-refractivity contribution is -0.152. The van der Waals surface area contributed by atoms with Gasteiger partial charge in [0.05, 0.1) is 13.2 Å². The summed E-state index contributed by atoms with van der Waals surface area (Å²) in [5.74, 6) is 0. The third-order valence-corrected chi connectivity index (χ3v) is 3.84. The van der Waals surface area contributed by atoms with Crippen LogP contribution in [0.5, 0.6) is 0 Å². The maximum atomic E-state index is 9.49. The average molecular weight is 198 g/mol. The second-order valence-electron chi connectivity index (χ2n) is 6.61. The zero-order chi connectivity index (χ0) is 10.4. The van der Waals surface area contributed by atoms with Crippen LogP contribution in [-0.2, 0) is 4.74 Å². The van der Waals surface area contributed by atoms with Crippen molar-refractivity contribution < 1.29 is 9.84 Å². The normalized spacial score (nSPS) is 53.1. The molecule has 2 bridgehead atoms. The van der Waals surface area contributed by atoms with Gasteiger partial charge in [-0.25, -0.2) is 0 Å². The summed E-state index contributed by atoms with van der Waals surface area (Å²) in [5.41, 5.74) is 0.705. The van der Waals surface area contributed by atoms with Crippen LogP contribution in [0.3, 0.4) is 0 Å². The van der Waals surface area contributed by atoms with E-state index in [1.807, 2.05) is 0 Å². The first-order chi connectivity index (χ1) is 6.39. The van der Waals surface area contributed by atoms with Crippen molar-refractivity contribution in [3.63, 3.8) is 0 Å². The fraction of sp³-hybridized carbons (Fsp3) is 1.00. The molecule has 1 saturated carbocycles. The zero-order valence-electron chi connectivity index (χ0n) is 9.60. The third-order valence-electron chi connectivity index (χ3n) is 3.84. The lowest BCUT2D eigenvalue weighted by Crippen LogP contribution is -2.51. The van der Waals surface area contributed by atoms with Crippen LogP contribution in [-0.4, -0.2) is 24.9 Å². The van der Waals surface area contributed by atoms with Gasteiger partial charge in [-0.2, -0.15) is 0 Å². The Bertz CT molecular complexity index is 216. The summed E-state index contributed by atoms with van der Waals surface area (Å²) in [7, 11) is 0. The summed E-state index contributed by atoms with van der Waals surface area (Å²) in [6, 6.07) is 0. The fourth-order valence-corrected chi connectivity index (χ4v) is 4.14. The highest BCUT2D eigenvalue weighted by atomic mass is 16.5. The summed E-state index contributed by atoms with van der Waals surface area (Å²) < 4.78 is 5.70. The lowest BCUT2D eigenvalue weighted by atomic mass is 9.54. The van der Waals surface area contributed by atoms with Crippen LogP contribution < -0.4 is 0 Å². The van der Waals surface area contributed by atoms with E-state index in [1.165, 1.54) is 6.42 Å². The topological polar surface area (TPSA) is 29.5 Å². The molecule has 2 nitrogen and oxygen atoms in total. The van der Waals surface area contributed by atoms with Gasteiger partial charge in [-0.15, -0.1) is 0 Å². The molecule has 2 rings (SSSR count). The van der Waals surface area contributed by atoms with Gasteiger partial charge in [-0.05, 0) is 35.5 Å². The lowest BCUT2D eigenvalue weighted by Gasteiger charge is -2.55. The molecule has 2 fully saturated rings. The van der Waals surface area contributed by atoms with Crippen LogP contribution in [0.4, 0.5) is 0 Å². The van der Waals surface area contributed by atoms with Crippen molar-refractivity contribution in [3.05, 3.63) is 0 Å². The van der Waals surface area contributed by atoms with Crippen LogP contribution in [0.1, 0.15) is 40.0 Å². The van der Waals surface area contributed by atoms with Gasteiger partial charge < -0.3 is 9.84 Å². The van der Waals surface area contributed by atoms with E-state index < -0.39 is 0 Å². The quantitative estimate of drug-likeness (QED) is 0.700. The Hall–Kier alpha value is -0.0800. The number of hydrogen-bond donors (Lipinski definition) is 1. The fourth-order valence-electron chi connectivity index (χ4n) is 4.14. The molecule has 0 amide bonds. The first-order valence-corrected chi connectivity index (χ1v) is 5.58. The van der Waals surface area contributed by atoms with Crippen molar-refractivity contribution in [3.8, 4) is 0 Å². The predicted molar refractivity (Wildman–Crippen MR) is 56.1 cm³/mol. The molecule has 0 aromatic heterocycles. The summed E-state index contributed by atoms with van der Waals surface area (Å²) in [6.07, 6.45) is 3.47. The predicted octanol–water partition coefficient (Wildman–Crippen LogP) is 2.21. The molecule has 3 atom stereocenters. The van der Waals surface area contributed by atoms with Crippen LogP contribution in [0.15, 0.2) is 0 Å². The zero-order valence-corrected chi connectivity index (χ0v) is 9.60. The van der Waals surface area contributed by atoms with Crippen molar-refractivity contribution in [2.24, 2.45) is 16.2 Å². The highest BCUT2D eigenvalue weighted by Gasteiger charge is 2.51. The molecule has 1 N–H and O–H groups in total. The maximum absolute atomic E-state index is 9.49. The summed E-state index contributed by atoms with van der Waals surface area (Å²) >= 11 is 0. The number of fused-ring (bicyclic) bond motifs is 2. The first kappa shape index (κ1) is 10.4. The minimum absolute atomic E-state index is 0.117. The Morgan fingerprint density at radius 3 is 1.93 bits per heavy atom. The van der Waals surface area contributed by atoms with Gasteiger partial charge >= 0.3 is 0 Å². The third kappa shape index (κ3) is 1.70. The summed E-state index contributed by atoms with van der Waals surface area (Å²) in [4.78, 5) is 0. The van der Waals surface area contributed by atoms with Crippen LogP contribution in [0, 0.1) is 16.2 Å². The Morgan fingerprint density at radius 1 is 1.00 bits per heavy atom. The smallest absolute Gasteiger partial charge is 0.0520 e. The number of hydrogen-bond acceptors (Lipinski definition) is 2. The highest BCUT2D eigenvalue weighted by Crippen LogP contribution is 2.56. The molecule has 2 aliphatic rings. The van der Waals surface area contributed by atoms with E-state index in [2.05, 4.69) is 20.8 Å². The molecule has 0 aromatic carbocycles. The second-order valence-corrected chi connectivity index (χ2v) is 6.61. The molecule has 1 heterocycles. The van der Waals surface area contributed by atoms with E-state index in [1.54, 1.807) is 0 Å². The van der Waals surface area contributed by atoms with Gasteiger partial charge in [0.1, 0.15) is 0 Å². The van der Waals surface area contributed by atoms with Crippen LogP contribution in [0.2, 0.25) is 0 Å². The monoisotopic (exact) mass is 198 g/mol. The minimum atomic E-state index is 0.117. The molecule has 1 saturated heterocycles. The van der Waals surface area contributed by atoms with Crippen molar-refractivity contribution in [1.82, 2.24) is 0 Å². The molecule has 2 heteroatoms. The maximum Gasteiger partial charge on any atom is 0.0520 e. The van der Waals surface area contributed by atoms with Gasteiger partial charge in [0.25, 0.3) is 0 Å². The Kier molecular flexibility index (Phi) is 2.20. The molecule has 0 radical (unpaired) electrons. The Labute approximate surface area is 86.6 Å². The molecular formula is C12H22O2. The van der Waals surface area contributed by atoms with E-state index in [0.717, 1.165) is 26.1 Å². The number of ether oxygens (including phenoxy) is 1. The molecule has 0 aromatic rings. The standard InChI is InChI=1S/C12H22O2/c1-10(7-13)4-11(2)6-12(3,5-10)9-14-8-11/h13H,4-9H2,1-3H3/t10?,11-,12+. The molecule has 1 aliphatic carbocycles. The van der Waals surface area contributed by atoms with Crippen molar-refractivity contribution >= 4 is 0 Å². The number of aliphatic hydroxyl groups is 1. The molecular weight excluding hydrogens is 176 g/mol. The molecule has 82 valence electrons. The molecule has 1 aliphatic heterocycles. The van der Waals surface area contributed by atoms with Crippen molar-refractivity contribution in [2.75, 3.05) is 19.8 Å². The van der Waals surface area contributed by atoms with E-state index in [9.17, 15) is 5.11 Å². The van der Waals surface area contributed by atoms with Gasteiger partial charge in [0.15, 0.2) is 0 Å². The van der Waals surface area contributed by atoms with Crippen LogP contribution in [0.25, 0.3) is 0 Å². The van der Waals surface area contributed by atoms with Gasteiger partial charge in [0.2, 0.25) is 0 Å². The van der Waals surface area contributed by atoms with Gasteiger partial charge in [0, 0.05) is 6.61 Å². The highest BCUT2D eigenvalue weighted by molar-refractivity contribution is 5.00. The Balaban J connectivity index is 2.25. The second kappa shape index (κ2) is 2.96. The Morgan fingerprint density at radius 2 is 1.50 bits per heavy atom. The number of aliphatic hydroxyl groups excluding tert-OH is 1. The summed E-state index contributed by atoms with van der Waals surface area (Å²) in [6.45, 7) is 8.89. The van der Waals surface area contributed by atoms with E-state index in [0.29, 0.717) is 17.4 Å². The van der Waals surface area contributed by atoms with Gasteiger partial charge in [-0.1, -0.05) is 20.8 Å².